The van der Waals surface area contributed by atoms with Gasteiger partial charge in [0.1, 0.15) is 0 Å². The van der Waals surface area contributed by atoms with Gasteiger partial charge in [-0.1, -0.05) is 53.8 Å². The number of carboxylic acid groups (broad SMARTS) is 1. The Balaban J connectivity index is 3.15. The molecule has 0 fully saturated rings. The minimum absolute atomic E-state index is 0.162. The number of hydrogen-bond donors (Lipinski definition) is 1. The molecule has 20 heavy (non-hydrogen) atoms. The average molecular weight is 400 g/mol. The molecule has 1 aromatic rings. The number of rotatable bonds is 4. The summed E-state index contributed by atoms with van der Waals surface area (Å²) in [5.41, 5.74) is 1.11. The van der Waals surface area contributed by atoms with E-state index in [0.29, 0.717) is 0 Å². The first-order valence-electron chi connectivity index (χ1n) is 6.03. The molecule has 1 rings (SSSR count). The van der Waals surface area contributed by atoms with Gasteiger partial charge in [-0.15, -0.1) is 0 Å². The summed E-state index contributed by atoms with van der Waals surface area (Å²) in [5.74, 6) is -4.98. The molecule has 2 nitrogen and oxygen atoms in total. The lowest BCUT2D eigenvalue weighted by Gasteiger charge is -2.24. The summed E-state index contributed by atoms with van der Waals surface area (Å²) in [5, 5.41) is 9.09. The lowest BCUT2D eigenvalue weighted by atomic mass is 9.86. The van der Waals surface area contributed by atoms with Crippen molar-refractivity contribution in [2.45, 2.75) is 36.3 Å². The fraction of sp³-hybridized carbons (Fsp3) is 0.500. The van der Waals surface area contributed by atoms with Crippen molar-refractivity contribution >= 4 is 28.6 Å². The van der Waals surface area contributed by atoms with E-state index in [9.17, 15) is 18.0 Å². The predicted molar refractivity (Wildman–Crippen MR) is 79.1 cm³/mol. The second-order valence-corrected chi connectivity index (χ2v) is 7.94. The highest BCUT2D eigenvalue weighted by atomic mass is 127. The molecule has 0 aliphatic carbocycles. The maximum absolute atomic E-state index is 12.7. The monoisotopic (exact) mass is 400 g/mol. The van der Waals surface area contributed by atoms with Gasteiger partial charge in [0.15, 0.2) is 0 Å². The summed E-state index contributed by atoms with van der Waals surface area (Å²) in [6, 6.07) is 6.30. The zero-order valence-corrected chi connectivity index (χ0v) is 13.5. The summed E-state index contributed by atoms with van der Waals surface area (Å²) in [6.07, 6.45) is -4.54. The van der Waals surface area contributed by atoms with Crippen LogP contribution in [0, 0.1) is 5.92 Å². The number of alkyl halides is 4. The summed E-state index contributed by atoms with van der Waals surface area (Å²) in [7, 11) is 0. The number of halogens is 4. The largest absolute Gasteiger partial charge is 0.481 e. The van der Waals surface area contributed by atoms with E-state index in [4.69, 9.17) is 5.11 Å². The Morgan fingerprint density at radius 2 is 1.65 bits per heavy atom. The van der Waals surface area contributed by atoms with E-state index >= 15 is 0 Å². The second kappa shape index (κ2) is 5.91. The van der Waals surface area contributed by atoms with Crippen LogP contribution < -0.4 is 0 Å². The first-order valence-corrected chi connectivity index (χ1v) is 7.11. The molecule has 0 aromatic heterocycles. The minimum atomic E-state index is -4.54. The SMILES string of the molecule is C[C@H]([C@H](C(=O)O)c1ccc(C(C)(C)I)cc1)C(F)(F)F. The Bertz CT molecular complexity index is 475. The maximum Gasteiger partial charge on any atom is 0.392 e. The van der Waals surface area contributed by atoms with Gasteiger partial charge in [0.2, 0.25) is 0 Å². The molecule has 0 saturated heterocycles. The highest BCUT2D eigenvalue weighted by Gasteiger charge is 2.45. The van der Waals surface area contributed by atoms with Crippen molar-refractivity contribution < 1.29 is 23.1 Å². The molecular formula is C14H16F3IO2. The fourth-order valence-corrected chi connectivity index (χ4v) is 2.28. The van der Waals surface area contributed by atoms with E-state index in [1.807, 2.05) is 13.8 Å². The number of benzene rings is 1. The molecule has 0 unspecified atom stereocenters. The Kier molecular flexibility index (Phi) is 5.10. The molecule has 2 atom stereocenters. The number of hydrogen-bond acceptors (Lipinski definition) is 1. The molecular weight excluding hydrogens is 384 g/mol. The molecule has 0 aliphatic rings. The lowest BCUT2D eigenvalue weighted by molar-refractivity contribution is -0.183. The lowest BCUT2D eigenvalue weighted by Crippen LogP contribution is -2.31. The average Bonchev–Trinajstić information content (AvgIpc) is 2.26. The Morgan fingerprint density at radius 1 is 1.20 bits per heavy atom. The highest BCUT2D eigenvalue weighted by molar-refractivity contribution is 14.1. The molecule has 0 radical (unpaired) electrons. The molecule has 1 aromatic carbocycles. The van der Waals surface area contributed by atoms with Gasteiger partial charge in [-0.05, 0) is 25.0 Å². The van der Waals surface area contributed by atoms with Gasteiger partial charge < -0.3 is 5.11 Å². The first-order chi connectivity index (χ1) is 8.94. The molecule has 0 aliphatic heterocycles. The normalized spacial score (nSPS) is 15.8. The van der Waals surface area contributed by atoms with Gasteiger partial charge in [0.25, 0.3) is 0 Å². The molecule has 112 valence electrons. The molecule has 0 amide bonds. The van der Waals surface area contributed by atoms with Crippen molar-refractivity contribution in [1.29, 1.82) is 0 Å². The quantitative estimate of drug-likeness (QED) is 0.587. The van der Waals surface area contributed by atoms with E-state index < -0.39 is 24.0 Å². The van der Waals surface area contributed by atoms with Gasteiger partial charge in [0, 0.05) is 3.42 Å². The first kappa shape index (κ1) is 17.3. The molecule has 0 saturated carbocycles. The van der Waals surface area contributed by atoms with Crippen LogP contribution in [0.15, 0.2) is 24.3 Å². The summed E-state index contributed by atoms with van der Waals surface area (Å²) in [4.78, 5) is 11.2. The molecule has 6 heteroatoms. The zero-order chi connectivity index (χ0) is 15.7. The van der Waals surface area contributed by atoms with E-state index in [1.54, 1.807) is 12.1 Å². The van der Waals surface area contributed by atoms with E-state index in [-0.39, 0.29) is 8.99 Å². The van der Waals surface area contributed by atoms with E-state index in [1.165, 1.54) is 12.1 Å². The maximum atomic E-state index is 12.7. The second-order valence-electron chi connectivity index (χ2n) is 5.24. The molecule has 0 heterocycles. The Labute approximate surface area is 129 Å². The topological polar surface area (TPSA) is 37.3 Å². The minimum Gasteiger partial charge on any atom is -0.481 e. The van der Waals surface area contributed by atoms with Crippen LogP contribution >= 0.6 is 22.6 Å². The smallest absolute Gasteiger partial charge is 0.392 e. The fourth-order valence-electron chi connectivity index (χ4n) is 1.92. The number of carboxylic acids is 1. The van der Waals surface area contributed by atoms with E-state index in [2.05, 4.69) is 22.6 Å². The van der Waals surface area contributed by atoms with Gasteiger partial charge in [0.05, 0.1) is 11.8 Å². The van der Waals surface area contributed by atoms with Gasteiger partial charge >= 0.3 is 12.1 Å². The zero-order valence-electron chi connectivity index (χ0n) is 11.3. The standard InChI is InChI=1S/C14H16F3IO2/c1-8(14(15,16)17)11(12(19)20)9-4-6-10(7-5-9)13(2,3)18/h4-8,11H,1-3H3,(H,19,20)/t8-,11+/m1/s1. The number of carbonyl (C=O) groups is 1. The van der Waals surface area contributed by atoms with Gasteiger partial charge in [-0.3, -0.25) is 4.79 Å². The van der Waals surface area contributed by atoms with Crippen molar-refractivity contribution in [3.8, 4) is 0 Å². The highest BCUT2D eigenvalue weighted by Crippen LogP contribution is 2.38. The Morgan fingerprint density at radius 3 is 1.95 bits per heavy atom. The van der Waals surface area contributed by atoms with Crippen LogP contribution in [-0.2, 0) is 8.22 Å². The van der Waals surface area contributed by atoms with Crippen molar-refractivity contribution in [2.75, 3.05) is 0 Å². The summed E-state index contributed by atoms with van der Waals surface area (Å²) in [6.45, 7) is 4.83. The third-order valence-corrected chi connectivity index (χ3v) is 3.86. The predicted octanol–water partition coefficient (Wildman–Crippen LogP) is 4.72. The molecule has 0 spiro atoms. The summed E-state index contributed by atoms with van der Waals surface area (Å²) < 4.78 is 38.1. The van der Waals surface area contributed by atoms with E-state index in [0.717, 1.165) is 12.5 Å². The van der Waals surface area contributed by atoms with Crippen LogP contribution in [0.3, 0.4) is 0 Å². The molecule has 1 N–H and O–H groups in total. The summed E-state index contributed by atoms with van der Waals surface area (Å²) >= 11 is 2.21. The van der Waals surface area contributed by atoms with Crippen LogP contribution in [-0.4, -0.2) is 17.3 Å². The Hall–Kier alpha value is -0.790. The number of aliphatic carboxylic acids is 1. The van der Waals surface area contributed by atoms with Gasteiger partial charge in [-0.2, -0.15) is 13.2 Å². The third kappa shape index (κ3) is 4.10. The van der Waals surface area contributed by atoms with Crippen molar-refractivity contribution in [2.24, 2.45) is 5.92 Å². The van der Waals surface area contributed by atoms with Crippen molar-refractivity contribution in [3.63, 3.8) is 0 Å². The van der Waals surface area contributed by atoms with Crippen LogP contribution in [0.2, 0.25) is 0 Å². The van der Waals surface area contributed by atoms with Crippen LogP contribution in [0.4, 0.5) is 13.2 Å². The third-order valence-electron chi connectivity index (χ3n) is 3.24. The van der Waals surface area contributed by atoms with Crippen LogP contribution in [0.5, 0.6) is 0 Å². The van der Waals surface area contributed by atoms with Crippen molar-refractivity contribution in [3.05, 3.63) is 35.4 Å². The molecule has 0 bridgehead atoms. The van der Waals surface area contributed by atoms with Crippen molar-refractivity contribution in [1.82, 2.24) is 0 Å². The van der Waals surface area contributed by atoms with Crippen LogP contribution in [0.25, 0.3) is 0 Å². The van der Waals surface area contributed by atoms with Gasteiger partial charge in [-0.25, -0.2) is 0 Å². The van der Waals surface area contributed by atoms with Crippen LogP contribution in [0.1, 0.15) is 37.8 Å².